The van der Waals surface area contributed by atoms with Gasteiger partial charge in [-0.05, 0) is 22.9 Å². The number of alkyl halides is 1. The predicted octanol–water partition coefficient (Wildman–Crippen LogP) is 3.92. The van der Waals surface area contributed by atoms with Crippen LogP contribution in [0.3, 0.4) is 0 Å². The number of benzene rings is 1. The number of fused-ring (bicyclic) bond motifs is 1. The van der Waals surface area contributed by atoms with Gasteiger partial charge in [-0.2, -0.15) is 0 Å². The van der Waals surface area contributed by atoms with Gasteiger partial charge in [0.1, 0.15) is 11.6 Å². The van der Waals surface area contributed by atoms with E-state index in [1.165, 1.54) is 17.4 Å². The lowest BCUT2D eigenvalue weighted by Gasteiger charge is -2.01. The summed E-state index contributed by atoms with van der Waals surface area (Å²) in [6.45, 7) is 0. The average Bonchev–Trinajstić information content (AvgIpc) is 2.53. The van der Waals surface area contributed by atoms with E-state index in [1.807, 2.05) is 0 Å². The summed E-state index contributed by atoms with van der Waals surface area (Å²) in [6, 6.07) is 3.00. The van der Waals surface area contributed by atoms with Gasteiger partial charge in [-0.3, -0.25) is 0 Å². The first-order valence-corrected chi connectivity index (χ1v) is 5.05. The van der Waals surface area contributed by atoms with Gasteiger partial charge in [0.15, 0.2) is 0 Å². The Hall–Kier alpha value is -0.670. The van der Waals surface area contributed by atoms with Gasteiger partial charge >= 0.3 is 0 Å². The molecule has 0 amide bonds. The lowest BCUT2D eigenvalue weighted by Crippen LogP contribution is -1.91. The highest BCUT2D eigenvalue weighted by atomic mass is 35.5. The van der Waals surface area contributed by atoms with Crippen LogP contribution in [0.4, 0.5) is 8.78 Å². The normalized spacial score (nSPS) is 11.0. The first-order valence-electron chi connectivity index (χ1n) is 3.64. The van der Waals surface area contributed by atoms with Gasteiger partial charge in [0.05, 0.1) is 10.6 Å². The van der Waals surface area contributed by atoms with Gasteiger partial charge in [0.2, 0.25) is 0 Å². The quantitative estimate of drug-likeness (QED) is 0.637. The predicted molar refractivity (Wildman–Crippen MR) is 51.3 cm³/mol. The Morgan fingerprint density at radius 3 is 2.85 bits per heavy atom. The molecule has 1 heterocycles. The molecule has 0 aliphatic carbocycles. The van der Waals surface area contributed by atoms with Crippen LogP contribution in [0.1, 0.15) is 5.56 Å². The molecule has 4 heteroatoms. The van der Waals surface area contributed by atoms with Crippen LogP contribution in [-0.4, -0.2) is 0 Å². The summed E-state index contributed by atoms with van der Waals surface area (Å²) in [5.74, 6) is -1.23. The maximum absolute atomic E-state index is 13.4. The maximum Gasteiger partial charge on any atom is 0.148 e. The number of hydrogen-bond donors (Lipinski definition) is 0. The molecule has 1 aromatic carbocycles. The standard InChI is InChI=1S/C9H5ClF2S/c10-4-6-7(11)3-5-1-2-13-9(5)8(6)12/h1-3H,4H2. The molecule has 0 aliphatic rings. The van der Waals surface area contributed by atoms with E-state index in [9.17, 15) is 8.78 Å². The van der Waals surface area contributed by atoms with Gasteiger partial charge in [0.25, 0.3) is 0 Å². The molecule has 0 atom stereocenters. The van der Waals surface area contributed by atoms with E-state index in [1.54, 1.807) is 11.4 Å². The van der Waals surface area contributed by atoms with E-state index in [0.29, 0.717) is 10.1 Å². The summed E-state index contributed by atoms with van der Waals surface area (Å²) in [5.41, 5.74) is -0.0448. The van der Waals surface area contributed by atoms with Gasteiger partial charge in [-0.1, -0.05) is 0 Å². The number of halogens is 3. The molecule has 0 bridgehead atoms. The Morgan fingerprint density at radius 2 is 2.15 bits per heavy atom. The largest absolute Gasteiger partial charge is 0.207 e. The highest BCUT2D eigenvalue weighted by Crippen LogP contribution is 2.29. The van der Waals surface area contributed by atoms with Crippen molar-refractivity contribution in [1.82, 2.24) is 0 Å². The molecule has 0 saturated heterocycles. The third-order valence-corrected chi connectivity index (χ3v) is 3.05. The van der Waals surface area contributed by atoms with Crippen LogP contribution in [0.25, 0.3) is 10.1 Å². The van der Waals surface area contributed by atoms with E-state index in [2.05, 4.69) is 0 Å². The fraction of sp³-hybridized carbons (Fsp3) is 0.111. The number of rotatable bonds is 1. The molecule has 0 fully saturated rings. The van der Waals surface area contributed by atoms with Crippen molar-refractivity contribution in [2.24, 2.45) is 0 Å². The fourth-order valence-electron chi connectivity index (χ4n) is 1.20. The zero-order valence-electron chi connectivity index (χ0n) is 6.48. The van der Waals surface area contributed by atoms with Gasteiger partial charge in [0, 0.05) is 5.56 Å². The van der Waals surface area contributed by atoms with Crippen LogP contribution in [0.15, 0.2) is 17.5 Å². The average molecular weight is 219 g/mol. The molecule has 68 valence electrons. The second-order valence-electron chi connectivity index (χ2n) is 2.62. The van der Waals surface area contributed by atoms with Gasteiger partial charge < -0.3 is 0 Å². The second kappa shape index (κ2) is 3.24. The van der Waals surface area contributed by atoms with Crippen molar-refractivity contribution >= 4 is 33.0 Å². The summed E-state index contributed by atoms with van der Waals surface area (Å²) in [6.07, 6.45) is 0. The minimum Gasteiger partial charge on any atom is -0.207 e. The highest BCUT2D eigenvalue weighted by molar-refractivity contribution is 7.17. The molecule has 0 unspecified atom stereocenters. The van der Waals surface area contributed by atoms with E-state index >= 15 is 0 Å². The van der Waals surface area contributed by atoms with E-state index in [-0.39, 0.29) is 11.4 Å². The topological polar surface area (TPSA) is 0 Å². The van der Waals surface area contributed by atoms with Crippen LogP contribution in [0, 0.1) is 11.6 Å². The first kappa shape index (κ1) is 8.91. The number of thiophene rings is 1. The number of hydrogen-bond acceptors (Lipinski definition) is 1. The SMILES string of the molecule is Fc1cc2ccsc2c(F)c1CCl. The minimum atomic E-state index is -0.571. The maximum atomic E-state index is 13.4. The molecule has 13 heavy (non-hydrogen) atoms. The lowest BCUT2D eigenvalue weighted by atomic mass is 10.2. The van der Waals surface area contributed by atoms with Gasteiger partial charge in [-0.25, -0.2) is 8.78 Å². The first-order chi connectivity index (χ1) is 6.24. The van der Waals surface area contributed by atoms with Gasteiger partial charge in [-0.15, -0.1) is 22.9 Å². The zero-order chi connectivity index (χ0) is 9.42. The second-order valence-corrected chi connectivity index (χ2v) is 3.81. The highest BCUT2D eigenvalue weighted by Gasteiger charge is 2.13. The molecule has 2 aromatic rings. The Morgan fingerprint density at radius 1 is 1.38 bits per heavy atom. The third kappa shape index (κ3) is 1.32. The Bertz CT molecular complexity index is 450. The van der Waals surface area contributed by atoms with Crippen molar-refractivity contribution in [2.45, 2.75) is 5.88 Å². The van der Waals surface area contributed by atoms with Crippen LogP contribution >= 0.6 is 22.9 Å². The molecule has 0 aliphatic heterocycles. The van der Waals surface area contributed by atoms with Crippen molar-refractivity contribution in [3.05, 3.63) is 34.7 Å². The Labute approximate surface area is 82.8 Å². The zero-order valence-corrected chi connectivity index (χ0v) is 8.05. The molecular formula is C9H5ClF2S. The van der Waals surface area contributed by atoms with Crippen LogP contribution in [-0.2, 0) is 5.88 Å². The van der Waals surface area contributed by atoms with Crippen molar-refractivity contribution in [2.75, 3.05) is 0 Å². The van der Waals surface area contributed by atoms with Crippen molar-refractivity contribution < 1.29 is 8.78 Å². The van der Waals surface area contributed by atoms with Crippen molar-refractivity contribution in [3.8, 4) is 0 Å². The molecular weight excluding hydrogens is 214 g/mol. The summed E-state index contributed by atoms with van der Waals surface area (Å²) in [7, 11) is 0. The molecule has 0 radical (unpaired) electrons. The molecule has 1 aromatic heterocycles. The Kier molecular flexibility index (Phi) is 2.22. The van der Waals surface area contributed by atoms with Crippen molar-refractivity contribution in [1.29, 1.82) is 0 Å². The molecule has 0 saturated carbocycles. The lowest BCUT2D eigenvalue weighted by molar-refractivity contribution is 0.575. The summed E-state index contributed by atoms with van der Waals surface area (Å²) < 4.78 is 27.1. The van der Waals surface area contributed by atoms with Crippen LogP contribution < -0.4 is 0 Å². The summed E-state index contributed by atoms with van der Waals surface area (Å²) in [4.78, 5) is 0. The summed E-state index contributed by atoms with van der Waals surface area (Å²) in [5, 5.41) is 2.32. The van der Waals surface area contributed by atoms with Crippen LogP contribution in [0.2, 0.25) is 0 Å². The smallest absolute Gasteiger partial charge is 0.148 e. The van der Waals surface area contributed by atoms with Crippen molar-refractivity contribution in [3.63, 3.8) is 0 Å². The van der Waals surface area contributed by atoms with E-state index < -0.39 is 11.6 Å². The molecule has 2 rings (SSSR count). The van der Waals surface area contributed by atoms with E-state index in [4.69, 9.17) is 11.6 Å². The fourth-order valence-corrected chi connectivity index (χ4v) is 2.28. The molecule has 0 nitrogen and oxygen atoms in total. The molecule has 0 N–H and O–H groups in total. The minimum absolute atomic E-state index is 0.0448. The third-order valence-electron chi connectivity index (χ3n) is 1.86. The van der Waals surface area contributed by atoms with Crippen LogP contribution in [0.5, 0.6) is 0 Å². The van der Waals surface area contributed by atoms with E-state index in [0.717, 1.165) is 0 Å². The Balaban J connectivity index is 2.85. The monoisotopic (exact) mass is 218 g/mol. The molecule has 0 spiro atoms. The summed E-state index contributed by atoms with van der Waals surface area (Å²) >= 11 is 6.68.